The molecule has 0 aliphatic carbocycles. The molecule has 9 heteroatoms. The van der Waals surface area contributed by atoms with Crippen LogP contribution >= 0.6 is 0 Å². The van der Waals surface area contributed by atoms with Gasteiger partial charge in [0.25, 0.3) is 0 Å². The number of hydrogen-bond donors (Lipinski definition) is 0. The van der Waals surface area contributed by atoms with Gasteiger partial charge in [-0.2, -0.15) is 0 Å². The van der Waals surface area contributed by atoms with Crippen LogP contribution in [-0.2, 0) is 139 Å². The van der Waals surface area contributed by atoms with Crippen LogP contribution in [0.3, 0.4) is 0 Å². The average molecular weight is 422 g/mol. The molecule has 0 N–H and O–H groups in total. The van der Waals surface area contributed by atoms with Crippen LogP contribution in [0.2, 0.25) is 0 Å². The molecule has 0 nitrogen and oxygen atoms in total. The molecule has 0 fully saturated rings. The van der Waals surface area contributed by atoms with Gasteiger partial charge in [0.1, 0.15) is 0 Å². The van der Waals surface area contributed by atoms with Crippen LogP contribution < -0.4 is 0 Å². The molecular weight excluding hydrogens is 410 g/mol. The molecule has 0 amide bonds. The topological polar surface area (TPSA) is 0 Å². The fourth-order valence-electron chi connectivity index (χ4n) is 0. The molecule has 0 rings (SSSR count). The first-order valence-corrected chi connectivity index (χ1v) is 0. The standard InChI is InChI=1S/4Fe.Ni.4H2S/h;;;;;4*1H2/p+4. The molecule has 0 aliphatic rings. The molecule has 0 heterocycles. The molecule has 0 saturated carbocycles. The normalized spacial score (nSPS) is 0. The van der Waals surface area contributed by atoms with Crippen LogP contribution in [-0.4, -0.2) is 0 Å². The third-order valence-corrected chi connectivity index (χ3v) is 0. The van der Waals surface area contributed by atoms with Crippen LogP contribution in [0.15, 0.2) is 0 Å². The summed E-state index contributed by atoms with van der Waals surface area (Å²) in [5.74, 6) is 0. The van der Waals surface area contributed by atoms with Gasteiger partial charge in [0.05, 0.1) is 0 Å². The second kappa shape index (κ2) is 91.4. The van der Waals surface area contributed by atoms with Gasteiger partial charge in [-0.25, -0.2) is 0 Å². The van der Waals surface area contributed by atoms with Gasteiger partial charge >= 0.3 is 0 Å². The average Bonchev–Trinajstić information content (AvgIpc) is 0. The Kier molecular flexibility index (Phi) is 1200. The smallest absolute Gasteiger partial charge is 0 e. The van der Waals surface area contributed by atoms with Crippen molar-refractivity contribution < 1.29 is 84.8 Å². The molecule has 0 aromatic rings. The zero-order valence-electron chi connectivity index (χ0n) is 4.04. The number of hydrogen-bond acceptors (Lipinski definition) is 0. The summed E-state index contributed by atoms with van der Waals surface area (Å²) in [4.78, 5) is 0. The van der Waals surface area contributed by atoms with Gasteiger partial charge in [0, 0.05) is 84.8 Å². The Bertz CT molecular complexity index is 12.5. The first-order valence-electron chi connectivity index (χ1n) is 0. The van der Waals surface area contributed by atoms with E-state index >= 15 is 0 Å². The molecule has 0 saturated heterocycles. The first kappa shape index (κ1) is 118. The maximum Gasteiger partial charge on any atom is 0 e. The van der Waals surface area contributed by atoms with Crippen molar-refractivity contribution in [2.45, 2.75) is 0 Å². The van der Waals surface area contributed by atoms with Crippen LogP contribution in [0.5, 0.6) is 0 Å². The molecule has 0 aromatic carbocycles. The van der Waals surface area contributed by atoms with Crippen LogP contribution in [0.4, 0.5) is 0 Å². The Labute approximate surface area is 137 Å². The van der Waals surface area contributed by atoms with Crippen molar-refractivity contribution >= 4 is 54.0 Å². The van der Waals surface area contributed by atoms with E-state index in [1.54, 1.807) is 0 Å². The fourth-order valence-corrected chi connectivity index (χ4v) is 0. The monoisotopic (exact) mass is 422 g/mol. The largest absolute Gasteiger partial charge is 0.0576 e. The van der Waals surface area contributed by atoms with E-state index in [0.717, 1.165) is 0 Å². The van der Waals surface area contributed by atoms with E-state index in [1.165, 1.54) is 0 Å². The Morgan fingerprint density at radius 1 is 0.333 bits per heavy atom. The zero-order valence-corrected chi connectivity index (χ0v) is 14.1. The maximum atomic E-state index is 0. The van der Waals surface area contributed by atoms with Crippen LogP contribution in [0, 0.1) is 0 Å². The minimum Gasteiger partial charge on any atom is -0.0576 e. The van der Waals surface area contributed by atoms with Gasteiger partial charge in [-0.1, -0.05) is 54.0 Å². The molecule has 0 aliphatic heterocycles. The second-order valence-corrected chi connectivity index (χ2v) is 0. The van der Waals surface area contributed by atoms with E-state index in [1.807, 2.05) is 0 Å². The summed E-state index contributed by atoms with van der Waals surface area (Å²) >= 11 is 0. The summed E-state index contributed by atoms with van der Waals surface area (Å²) in [6.45, 7) is 0. The Hall–Kier alpha value is 3.97. The maximum absolute atomic E-state index is 0. The summed E-state index contributed by atoms with van der Waals surface area (Å²) in [7, 11) is 0. The van der Waals surface area contributed by atoms with E-state index in [-0.39, 0.29) is 139 Å². The van der Waals surface area contributed by atoms with Crippen molar-refractivity contribution in [3.63, 3.8) is 0 Å². The third-order valence-electron chi connectivity index (χ3n) is 0. The van der Waals surface area contributed by atoms with E-state index in [0.29, 0.717) is 0 Å². The molecular formula is H12Fe4NiS4+4. The Balaban J connectivity index is 0. The predicted octanol–water partition coefficient (Wildman–Crippen LogP) is -3.23. The van der Waals surface area contributed by atoms with Crippen LogP contribution in [0.25, 0.3) is 0 Å². The molecule has 0 atom stereocenters. The zero-order chi connectivity index (χ0) is 0. The third kappa shape index (κ3) is 75.5. The second-order valence-electron chi connectivity index (χ2n) is 0. The Morgan fingerprint density at radius 2 is 0.333 bits per heavy atom. The molecule has 9 heavy (non-hydrogen) atoms. The van der Waals surface area contributed by atoms with E-state index in [9.17, 15) is 0 Å². The first-order chi connectivity index (χ1) is 0. The fraction of sp³-hybridized carbons (Fsp3) is 0. The minimum atomic E-state index is 0. The minimum absolute atomic E-state index is 0. The van der Waals surface area contributed by atoms with Crippen molar-refractivity contribution in [2.24, 2.45) is 0 Å². The van der Waals surface area contributed by atoms with Gasteiger partial charge in [0.2, 0.25) is 0 Å². The van der Waals surface area contributed by atoms with Gasteiger partial charge in [-0.15, -0.1) is 0 Å². The van der Waals surface area contributed by atoms with Gasteiger partial charge in [-0.3, -0.25) is 0 Å². The molecule has 0 aromatic heterocycles. The van der Waals surface area contributed by atoms with Gasteiger partial charge in [-0.05, 0) is 0 Å². The van der Waals surface area contributed by atoms with Crippen LogP contribution in [0.1, 0.15) is 0 Å². The quantitative estimate of drug-likeness (QED) is 0.285. The van der Waals surface area contributed by atoms with Crippen molar-refractivity contribution in [3.8, 4) is 0 Å². The van der Waals surface area contributed by atoms with Crippen molar-refractivity contribution in [1.82, 2.24) is 0 Å². The summed E-state index contributed by atoms with van der Waals surface area (Å²) in [6.07, 6.45) is 0. The molecule has 0 spiro atoms. The van der Waals surface area contributed by atoms with Crippen molar-refractivity contribution in [1.29, 1.82) is 0 Å². The summed E-state index contributed by atoms with van der Waals surface area (Å²) in [6, 6.07) is 0. The molecule has 0 bridgehead atoms. The summed E-state index contributed by atoms with van der Waals surface area (Å²) in [5.41, 5.74) is 0. The number of rotatable bonds is 0. The summed E-state index contributed by atoms with van der Waals surface area (Å²) in [5, 5.41) is 0. The van der Waals surface area contributed by atoms with Crippen molar-refractivity contribution in [2.75, 3.05) is 0 Å². The van der Waals surface area contributed by atoms with Crippen molar-refractivity contribution in [3.05, 3.63) is 0 Å². The summed E-state index contributed by atoms with van der Waals surface area (Å²) < 4.78 is 0. The molecule has 0 unspecified atom stereocenters. The molecule has 74 valence electrons. The Morgan fingerprint density at radius 3 is 0.333 bits per heavy atom. The predicted molar refractivity (Wildman–Crippen MR) is 46.2 cm³/mol. The molecule has 0 radical (unpaired) electrons. The van der Waals surface area contributed by atoms with E-state index in [4.69, 9.17) is 0 Å². The SMILES string of the molecule is [Fe].[Fe].[Fe].[Fe].[Ni].[SH3+].[SH3+].[SH3+].[SH3+]. The van der Waals surface area contributed by atoms with Gasteiger partial charge < -0.3 is 0 Å². The van der Waals surface area contributed by atoms with E-state index in [2.05, 4.69) is 0 Å². The van der Waals surface area contributed by atoms with Gasteiger partial charge in [0.15, 0.2) is 0 Å². The van der Waals surface area contributed by atoms with E-state index < -0.39 is 0 Å².